The van der Waals surface area contributed by atoms with Gasteiger partial charge in [0.25, 0.3) is 0 Å². The number of aromatic nitrogens is 1. The lowest BCUT2D eigenvalue weighted by molar-refractivity contribution is -0.107. The van der Waals surface area contributed by atoms with Crippen molar-refractivity contribution >= 4 is 17.9 Å². The molecule has 0 amide bonds. The highest BCUT2D eigenvalue weighted by molar-refractivity contribution is 6.33. The Kier molecular flexibility index (Phi) is 3.37. The summed E-state index contributed by atoms with van der Waals surface area (Å²) < 4.78 is 5.11. The molecule has 0 aliphatic heterocycles. The zero-order valence-electron chi connectivity index (χ0n) is 8.52. The molecule has 16 heavy (non-hydrogen) atoms. The van der Waals surface area contributed by atoms with E-state index in [2.05, 4.69) is 5.16 Å². The van der Waals surface area contributed by atoms with Gasteiger partial charge in [-0.2, -0.15) is 0 Å². The number of benzene rings is 1. The number of halogens is 1. The third kappa shape index (κ3) is 2.31. The lowest BCUT2D eigenvalue weighted by Crippen LogP contribution is -1.81. The predicted octanol–water partition coefficient (Wildman–Crippen LogP) is 3.13. The molecule has 3 nitrogen and oxygen atoms in total. The van der Waals surface area contributed by atoms with E-state index < -0.39 is 0 Å². The number of rotatable bonds is 4. The number of aldehydes is 1. The van der Waals surface area contributed by atoms with Crippen molar-refractivity contribution in [1.29, 1.82) is 0 Å². The zero-order chi connectivity index (χ0) is 11.4. The van der Waals surface area contributed by atoms with Crippen LogP contribution in [0.5, 0.6) is 0 Å². The first-order valence-electron chi connectivity index (χ1n) is 4.95. The lowest BCUT2D eigenvalue weighted by atomic mass is 10.1. The van der Waals surface area contributed by atoms with Crippen LogP contribution in [0.4, 0.5) is 0 Å². The van der Waals surface area contributed by atoms with E-state index in [9.17, 15) is 4.79 Å². The van der Waals surface area contributed by atoms with Crippen molar-refractivity contribution in [2.24, 2.45) is 0 Å². The lowest BCUT2D eigenvalue weighted by Gasteiger charge is -1.96. The molecule has 0 aliphatic carbocycles. The summed E-state index contributed by atoms with van der Waals surface area (Å²) in [5.74, 6) is 0.696. The highest BCUT2D eigenvalue weighted by Gasteiger charge is 2.08. The van der Waals surface area contributed by atoms with Crippen LogP contribution in [0.1, 0.15) is 12.2 Å². The first-order valence-corrected chi connectivity index (χ1v) is 5.33. The molecule has 1 heterocycles. The molecule has 1 aromatic heterocycles. The average molecular weight is 236 g/mol. The first-order chi connectivity index (χ1) is 7.81. The Morgan fingerprint density at radius 1 is 1.38 bits per heavy atom. The second-order valence-corrected chi connectivity index (χ2v) is 3.77. The highest BCUT2D eigenvalue weighted by atomic mass is 35.5. The van der Waals surface area contributed by atoms with Crippen LogP contribution in [-0.2, 0) is 11.2 Å². The second kappa shape index (κ2) is 4.94. The van der Waals surface area contributed by atoms with E-state index in [0.717, 1.165) is 11.8 Å². The van der Waals surface area contributed by atoms with Gasteiger partial charge in [-0.05, 0) is 6.07 Å². The molecular weight excluding hydrogens is 226 g/mol. The van der Waals surface area contributed by atoms with Crippen molar-refractivity contribution in [3.05, 3.63) is 41.1 Å². The third-order valence-electron chi connectivity index (χ3n) is 2.22. The topological polar surface area (TPSA) is 43.1 Å². The maximum Gasteiger partial charge on any atom is 0.137 e. The molecule has 4 heteroatoms. The molecular formula is C12H10ClNO2. The Bertz CT molecular complexity index is 493. The van der Waals surface area contributed by atoms with Gasteiger partial charge < -0.3 is 9.32 Å². The van der Waals surface area contributed by atoms with Gasteiger partial charge in [-0.1, -0.05) is 35.0 Å². The maximum absolute atomic E-state index is 10.2. The van der Waals surface area contributed by atoms with Crippen LogP contribution >= 0.6 is 11.6 Å². The fraction of sp³-hybridized carbons (Fsp3) is 0.167. The number of carbonyl (C=O) groups excluding carboxylic acids is 1. The third-order valence-corrected chi connectivity index (χ3v) is 2.55. The smallest absolute Gasteiger partial charge is 0.137 e. The average Bonchev–Trinajstić information content (AvgIpc) is 2.75. The minimum Gasteiger partial charge on any atom is -0.361 e. The van der Waals surface area contributed by atoms with Gasteiger partial charge in [0.1, 0.15) is 17.7 Å². The van der Waals surface area contributed by atoms with Crippen molar-refractivity contribution < 1.29 is 9.32 Å². The Balaban J connectivity index is 2.25. The molecule has 2 rings (SSSR count). The Hall–Kier alpha value is -1.61. The van der Waals surface area contributed by atoms with Crippen molar-refractivity contribution in [2.75, 3.05) is 0 Å². The van der Waals surface area contributed by atoms with Crippen LogP contribution in [0, 0.1) is 0 Å². The molecule has 0 fully saturated rings. The quantitative estimate of drug-likeness (QED) is 0.765. The number of nitrogens with zero attached hydrogens (tertiary/aromatic N) is 1. The van der Waals surface area contributed by atoms with Gasteiger partial charge in [0.15, 0.2) is 0 Å². The van der Waals surface area contributed by atoms with E-state index in [-0.39, 0.29) is 0 Å². The van der Waals surface area contributed by atoms with Crippen molar-refractivity contribution in [1.82, 2.24) is 5.16 Å². The predicted molar refractivity (Wildman–Crippen MR) is 61.3 cm³/mol. The maximum atomic E-state index is 10.2. The van der Waals surface area contributed by atoms with E-state index in [1.165, 1.54) is 0 Å². The number of hydrogen-bond donors (Lipinski definition) is 0. The van der Waals surface area contributed by atoms with Crippen LogP contribution in [0.3, 0.4) is 0 Å². The molecule has 0 atom stereocenters. The zero-order valence-corrected chi connectivity index (χ0v) is 9.28. The van der Waals surface area contributed by atoms with Gasteiger partial charge in [-0.15, -0.1) is 0 Å². The van der Waals surface area contributed by atoms with Gasteiger partial charge in [-0.25, -0.2) is 0 Å². The highest BCUT2D eigenvalue weighted by Crippen LogP contribution is 2.27. The van der Waals surface area contributed by atoms with Gasteiger partial charge in [-0.3, -0.25) is 0 Å². The molecule has 0 saturated carbocycles. The van der Waals surface area contributed by atoms with E-state index >= 15 is 0 Å². The second-order valence-electron chi connectivity index (χ2n) is 3.36. The van der Waals surface area contributed by atoms with Crippen LogP contribution < -0.4 is 0 Å². The monoisotopic (exact) mass is 235 g/mol. The molecule has 2 aromatic rings. The van der Waals surface area contributed by atoms with Crippen LogP contribution in [0.15, 0.2) is 34.9 Å². The molecule has 0 spiro atoms. The molecule has 0 bridgehead atoms. The number of hydrogen-bond acceptors (Lipinski definition) is 3. The Morgan fingerprint density at radius 2 is 2.19 bits per heavy atom. The van der Waals surface area contributed by atoms with E-state index in [0.29, 0.717) is 29.3 Å². The molecule has 0 aliphatic rings. The van der Waals surface area contributed by atoms with Crippen molar-refractivity contribution in [3.63, 3.8) is 0 Å². The van der Waals surface area contributed by atoms with Gasteiger partial charge >= 0.3 is 0 Å². The van der Waals surface area contributed by atoms with Gasteiger partial charge in [0.05, 0.1) is 5.02 Å². The molecule has 0 unspecified atom stereocenters. The fourth-order valence-electron chi connectivity index (χ4n) is 1.43. The number of aryl methyl sites for hydroxylation is 1. The normalized spacial score (nSPS) is 10.3. The van der Waals surface area contributed by atoms with E-state index in [1.807, 2.05) is 24.3 Å². The summed E-state index contributed by atoms with van der Waals surface area (Å²) in [6, 6.07) is 9.24. The largest absolute Gasteiger partial charge is 0.361 e. The molecule has 0 saturated heterocycles. The van der Waals surface area contributed by atoms with Crippen molar-refractivity contribution in [3.8, 4) is 11.3 Å². The number of carbonyl (C=O) groups is 1. The summed E-state index contributed by atoms with van der Waals surface area (Å²) in [4.78, 5) is 10.2. The minimum absolute atomic E-state index is 0.442. The summed E-state index contributed by atoms with van der Waals surface area (Å²) >= 11 is 6.03. The molecule has 82 valence electrons. The molecule has 1 aromatic carbocycles. The van der Waals surface area contributed by atoms with Gasteiger partial charge in [0, 0.05) is 24.5 Å². The summed E-state index contributed by atoms with van der Waals surface area (Å²) in [5, 5.41) is 4.56. The molecule has 0 radical (unpaired) electrons. The summed E-state index contributed by atoms with van der Waals surface area (Å²) in [7, 11) is 0. The van der Waals surface area contributed by atoms with E-state index in [1.54, 1.807) is 6.07 Å². The fourth-order valence-corrected chi connectivity index (χ4v) is 1.66. The summed E-state index contributed by atoms with van der Waals surface area (Å²) in [6.45, 7) is 0. The van der Waals surface area contributed by atoms with Crippen LogP contribution in [0.25, 0.3) is 11.3 Å². The summed E-state index contributed by atoms with van der Waals surface area (Å²) in [5.41, 5.74) is 1.54. The first kappa shape index (κ1) is 10.9. The van der Waals surface area contributed by atoms with Crippen molar-refractivity contribution in [2.45, 2.75) is 12.8 Å². The van der Waals surface area contributed by atoms with Gasteiger partial charge in [0.2, 0.25) is 0 Å². The van der Waals surface area contributed by atoms with Crippen LogP contribution in [-0.4, -0.2) is 11.4 Å². The Labute approximate surface area is 98.0 Å². The summed E-state index contributed by atoms with van der Waals surface area (Å²) in [6.07, 6.45) is 1.87. The van der Waals surface area contributed by atoms with E-state index in [4.69, 9.17) is 16.1 Å². The standard InChI is InChI=1S/C12H10ClNO2/c13-11-6-2-1-5-10(11)12-8-9(16-14-12)4-3-7-15/h1-2,5-8H,3-4H2. The van der Waals surface area contributed by atoms with Crippen LogP contribution in [0.2, 0.25) is 5.02 Å². The molecule has 0 N–H and O–H groups in total. The SMILES string of the molecule is O=CCCc1cc(-c2ccccc2Cl)no1. The minimum atomic E-state index is 0.442. The Morgan fingerprint density at radius 3 is 2.94 bits per heavy atom.